The van der Waals surface area contributed by atoms with E-state index in [1.165, 1.54) is 11.5 Å². The first-order valence-corrected chi connectivity index (χ1v) is 6.52. The maximum atomic E-state index is 12.1. The maximum absolute atomic E-state index is 12.1. The van der Waals surface area contributed by atoms with E-state index in [0.29, 0.717) is 13.2 Å². The highest BCUT2D eigenvalue weighted by Gasteiger charge is 2.16. The van der Waals surface area contributed by atoms with Crippen LogP contribution in [0.3, 0.4) is 0 Å². The van der Waals surface area contributed by atoms with Gasteiger partial charge in [-0.1, -0.05) is 23.7 Å². The van der Waals surface area contributed by atoms with Crippen LogP contribution in [0.5, 0.6) is 0 Å². The first-order chi connectivity index (χ1) is 8.34. The molecule has 1 aliphatic heterocycles. The lowest BCUT2D eigenvalue weighted by Crippen LogP contribution is -2.44. The van der Waals surface area contributed by atoms with Crippen molar-refractivity contribution in [3.05, 3.63) is 34.6 Å². The van der Waals surface area contributed by atoms with Crippen LogP contribution in [0, 0.1) is 0 Å². The summed E-state index contributed by atoms with van der Waals surface area (Å²) in [5.74, 6) is 0. The third-order valence-corrected chi connectivity index (χ3v) is 4.03. The zero-order chi connectivity index (χ0) is 11.7. The smallest absolute Gasteiger partial charge is 0.268 e. The molecule has 1 aromatic carbocycles. The van der Waals surface area contributed by atoms with Crippen LogP contribution in [0.1, 0.15) is 0 Å². The highest BCUT2D eigenvalue weighted by Crippen LogP contribution is 2.16. The SMILES string of the molecule is O=c1c2ccccc2sn1CC1COCCN1. The van der Waals surface area contributed by atoms with Crippen LogP contribution in [0.4, 0.5) is 0 Å². The first-order valence-electron chi connectivity index (χ1n) is 5.74. The van der Waals surface area contributed by atoms with Crippen molar-refractivity contribution in [2.75, 3.05) is 19.8 Å². The predicted molar refractivity (Wildman–Crippen MR) is 68.7 cm³/mol. The number of rotatable bonds is 2. The summed E-state index contributed by atoms with van der Waals surface area (Å²) in [6.45, 7) is 3.00. The molecule has 2 heterocycles. The minimum atomic E-state index is 0.109. The van der Waals surface area contributed by atoms with Gasteiger partial charge in [0.15, 0.2) is 0 Å². The van der Waals surface area contributed by atoms with Gasteiger partial charge in [-0.2, -0.15) is 0 Å². The Hall–Kier alpha value is -1.17. The van der Waals surface area contributed by atoms with Gasteiger partial charge in [0.05, 0.1) is 29.8 Å². The lowest BCUT2D eigenvalue weighted by Gasteiger charge is -2.23. The van der Waals surface area contributed by atoms with Crippen molar-refractivity contribution in [1.29, 1.82) is 0 Å². The molecule has 0 saturated carbocycles. The standard InChI is InChI=1S/C12H14N2O2S/c15-12-10-3-1-2-4-11(10)17-14(12)7-9-8-16-6-5-13-9/h1-4,9,13H,5-8H2. The molecule has 5 heteroatoms. The van der Waals surface area contributed by atoms with Crippen molar-refractivity contribution >= 4 is 21.6 Å². The maximum Gasteiger partial charge on any atom is 0.268 e. The minimum Gasteiger partial charge on any atom is -0.378 e. The quantitative estimate of drug-likeness (QED) is 0.866. The zero-order valence-corrected chi connectivity index (χ0v) is 10.2. The summed E-state index contributed by atoms with van der Waals surface area (Å²) in [7, 11) is 0. The molecule has 90 valence electrons. The molecule has 4 nitrogen and oxygen atoms in total. The number of nitrogens with one attached hydrogen (secondary N) is 1. The summed E-state index contributed by atoms with van der Waals surface area (Å²) in [6, 6.07) is 7.99. The van der Waals surface area contributed by atoms with E-state index in [0.717, 1.165) is 23.2 Å². The highest BCUT2D eigenvalue weighted by atomic mass is 32.1. The summed E-state index contributed by atoms with van der Waals surface area (Å²) in [4.78, 5) is 12.1. The number of aromatic nitrogens is 1. The molecule has 2 aromatic rings. The van der Waals surface area contributed by atoms with Crippen molar-refractivity contribution in [3.8, 4) is 0 Å². The molecule has 1 saturated heterocycles. The molecule has 17 heavy (non-hydrogen) atoms. The third-order valence-electron chi connectivity index (χ3n) is 2.94. The van der Waals surface area contributed by atoms with E-state index >= 15 is 0 Å². The van der Waals surface area contributed by atoms with Crippen molar-refractivity contribution in [2.45, 2.75) is 12.6 Å². The van der Waals surface area contributed by atoms with Crippen LogP contribution in [-0.4, -0.2) is 29.8 Å². The Kier molecular flexibility index (Phi) is 2.96. The van der Waals surface area contributed by atoms with Gasteiger partial charge >= 0.3 is 0 Å². The minimum absolute atomic E-state index is 0.109. The van der Waals surface area contributed by atoms with E-state index in [1.54, 1.807) is 0 Å². The van der Waals surface area contributed by atoms with E-state index in [4.69, 9.17) is 4.74 Å². The number of hydrogen-bond acceptors (Lipinski definition) is 4. The number of morpholine rings is 1. The van der Waals surface area contributed by atoms with Gasteiger partial charge in [-0.25, -0.2) is 0 Å². The molecule has 0 spiro atoms. The molecule has 1 N–H and O–H groups in total. The van der Waals surface area contributed by atoms with Crippen LogP contribution in [0.2, 0.25) is 0 Å². The molecule has 1 aromatic heterocycles. The second-order valence-electron chi connectivity index (χ2n) is 4.18. The predicted octanol–water partition coefficient (Wildman–Crippen LogP) is 1.05. The van der Waals surface area contributed by atoms with Gasteiger partial charge in [0.25, 0.3) is 5.56 Å². The summed E-state index contributed by atoms with van der Waals surface area (Å²) in [6.07, 6.45) is 0. The summed E-state index contributed by atoms with van der Waals surface area (Å²) in [5, 5.41) is 4.18. The fourth-order valence-electron chi connectivity index (χ4n) is 2.07. The number of ether oxygens (including phenoxy) is 1. The molecule has 1 unspecified atom stereocenters. The average Bonchev–Trinajstić information content (AvgIpc) is 2.68. The van der Waals surface area contributed by atoms with Crippen LogP contribution >= 0.6 is 11.5 Å². The number of nitrogens with zero attached hydrogens (tertiary/aromatic N) is 1. The van der Waals surface area contributed by atoms with E-state index < -0.39 is 0 Å². The van der Waals surface area contributed by atoms with Crippen molar-refractivity contribution in [3.63, 3.8) is 0 Å². The van der Waals surface area contributed by atoms with Gasteiger partial charge in [-0.05, 0) is 12.1 Å². The second-order valence-corrected chi connectivity index (χ2v) is 5.24. The Morgan fingerprint density at radius 3 is 3.12 bits per heavy atom. The zero-order valence-electron chi connectivity index (χ0n) is 9.39. The van der Waals surface area contributed by atoms with Crippen LogP contribution in [0.15, 0.2) is 29.1 Å². The Morgan fingerprint density at radius 1 is 1.47 bits per heavy atom. The van der Waals surface area contributed by atoms with E-state index in [1.807, 2.05) is 28.2 Å². The number of fused-ring (bicyclic) bond motifs is 1. The lowest BCUT2D eigenvalue weighted by molar-refractivity contribution is 0.0721. The van der Waals surface area contributed by atoms with Gasteiger partial charge in [-0.3, -0.25) is 8.75 Å². The van der Waals surface area contributed by atoms with E-state index in [-0.39, 0.29) is 11.6 Å². The van der Waals surface area contributed by atoms with E-state index in [9.17, 15) is 4.79 Å². The highest BCUT2D eigenvalue weighted by molar-refractivity contribution is 7.13. The van der Waals surface area contributed by atoms with Crippen molar-refractivity contribution in [2.24, 2.45) is 0 Å². The molecule has 0 radical (unpaired) electrons. The fourth-order valence-corrected chi connectivity index (χ4v) is 3.14. The number of benzene rings is 1. The van der Waals surface area contributed by atoms with Gasteiger partial charge in [0, 0.05) is 12.6 Å². The molecule has 0 amide bonds. The third kappa shape index (κ3) is 2.13. The molecule has 0 aliphatic carbocycles. The largest absolute Gasteiger partial charge is 0.378 e. The van der Waals surface area contributed by atoms with Crippen LogP contribution in [-0.2, 0) is 11.3 Å². The normalized spacial score (nSPS) is 20.8. The van der Waals surface area contributed by atoms with Gasteiger partial charge in [0.1, 0.15) is 0 Å². The second kappa shape index (κ2) is 4.60. The summed E-state index contributed by atoms with van der Waals surface area (Å²) in [5.41, 5.74) is 0.109. The van der Waals surface area contributed by atoms with Gasteiger partial charge < -0.3 is 10.1 Å². The topological polar surface area (TPSA) is 43.3 Å². The molecule has 1 aliphatic rings. The Bertz CT molecular complexity index is 569. The molecule has 1 atom stereocenters. The van der Waals surface area contributed by atoms with Crippen molar-refractivity contribution < 1.29 is 4.74 Å². The Morgan fingerprint density at radius 2 is 2.35 bits per heavy atom. The molecule has 0 bridgehead atoms. The molecule has 3 rings (SSSR count). The van der Waals surface area contributed by atoms with E-state index in [2.05, 4.69) is 5.32 Å². The first kappa shape index (κ1) is 11.0. The Balaban J connectivity index is 1.89. The fraction of sp³-hybridized carbons (Fsp3) is 0.417. The van der Waals surface area contributed by atoms with Crippen LogP contribution in [0.25, 0.3) is 10.1 Å². The summed E-state index contributed by atoms with van der Waals surface area (Å²) < 4.78 is 8.26. The lowest BCUT2D eigenvalue weighted by atomic mass is 10.2. The average molecular weight is 250 g/mol. The molecule has 1 fully saturated rings. The monoisotopic (exact) mass is 250 g/mol. The van der Waals surface area contributed by atoms with Gasteiger partial charge in [0.2, 0.25) is 0 Å². The molecular weight excluding hydrogens is 236 g/mol. The number of hydrogen-bond donors (Lipinski definition) is 1. The Labute approximate surface area is 103 Å². The summed E-state index contributed by atoms with van der Waals surface area (Å²) >= 11 is 1.53. The van der Waals surface area contributed by atoms with Crippen molar-refractivity contribution in [1.82, 2.24) is 9.27 Å². The molecular formula is C12H14N2O2S. The van der Waals surface area contributed by atoms with Crippen LogP contribution < -0.4 is 10.9 Å². The van der Waals surface area contributed by atoms with Gasteiger partial charge in [-0.15, -0.1) is 0 Å².